The van der Waals surface area contributed by atoms with Crippen LogP contribution in [-0.4, -0.2) is 36.4 Å². The van der Waals surface area contributed by atoms with E-state index in [4.69, 9.17) is 5.11 Å². The zero-order valence-electron chi connectivity index (χ0n) is 11.8. The zero-order chi connectivity index (χ0) is 17.2. The van der Waals surface area contributed by atoms with Gasteiger partial charge in [0, 0.05) is 25.4 Å². The van der Waals surface area contributed by atoms with Crippen LogP contribution in [0.2, 0.25) is 0 Å². The number of carbonyl (C=O) groups is 1. The highest BCUT2D eigenvalue weighted by Crippen LogP contribution is 2.24. The van der Waals surface area contributed by atoms with Crippen LogP contribution in [0.1, 0.15) is 10.4 Å². The van der Waals surface area contributed by atoms with Gasteiger partial charge in [0.05, 0.1) is 27.3 Å². The van der Waals surface area contributed by atoms with Gasteiger partial charge >= 0.3 is 5.97 Å². The maximum absolute atomic E-state index is 12.5. The normalized spacial score (nSPS) is 11.0. The summed E-state index contributed by atoms with van der Waals surface area (Å²) in [5, 5.41) is 19.7. The van der Waals surface area contributed by atoms with E-state index in [1.807, 2.05) is 0 Å². The fraction of sp³-hybridized carbons (Fsp3) is 0.0769. The van der Waals surface area contributed by atoms with Gasteiger partial charge in [0.25, 0.3) is 15.7 Å². The average molecular weight is 337 g/mol. The first-order valence-electron chi connectivity index (χ1n) is 6.15. The van der Waals surface area contributed by atoms with Gasteiger partial charge in [-0.25, -0.2) is 13.2 Å². The third kappa shape index (κ3) is 3.26. The highest BCUT2D eigenvalue weighted by Gasteiger charge is 2.24. The molecule has 2 aromatic rings. The molecular formula is C13H11N3O6S. The second-order valence-electron chi connectivity index (χ2n) is 4.46. The van der Waals surface area contributed by atoms with Crippen molar-refractivity contribution in [2.24, 2.45) is 0 Å². The van der Waals surface area contributed by atoms with Crippen molar-refractivity contribution < 1.29 is 23.2 Å². The van der Waals surface area contributed by atoms with E-state index in [1.165, 1.54) is 31.4 Å². The number of nitro benzene ring substituents is 1. The number of nitro groups is 1. The number of pyridine rings is 1. The van der Waals surface area contributed by atoms with Crippen molar-refractivity contribution in [3.05, 3.63) is 58.4 Å². The average Bonchev–Trinajstić information content (AvgIpc) is 2.54. The molecule has 2 rings (SSSR count). The number of carboxylic acids is 1. The van der Waals surface area contributed by atoms with Crippen molar-refractivity contribution in [2.45, 2.75) is 4.90 Å². The lowest BCUT2D eigenvalue weighted by Gasteiger charge is -2.19. The first-order chi connectivity index (χ1) is 10.7. The standard InChI is InChI=1S/C13H11N3O6S/c1-15(11-5-9(13(17)18)7-14-8-11)23(21,22)12-4-2-3-10(6-12)16(19)20/h2-8H,1H3,(H,17,18). The Labute approximate surface area is 131 Å². The smallest absolute Gasteiger partial charge is 0.337 e. The maximum atomic E-state index is 12.5. The molecular weight excluding hydrogens is 326 g/mol. The highest BCUT2D eigenvalue weighted by atomic mass is 32.2. The number of hydrogen-bond donors (Lipinski definition) is 1. The summed E-state index contributed by atoms with van der Waals surface area (Å²) in [5.74, 6) is -1.25. The first kappa shape index (κ1) is 16.4. The molecule has 0 amide bonds. The van der Waals surface area contributed by atoms with Gasteiger partial charge < -0.3 is 5.11 Å². The van der Waals surface area contributed by atoms with Gasteiger partial charge in [-0.15, -0.1) is 0 Å². The Kier molecular flexibility index (Phi) is 4.27. The molecule has 0 bridgehead atoms. The molecule has 1 aromatic heterocycles. The summed E-state index contributed by atoms with van der Waals surface area (Å²) in [6.45, 7) is 0. The predicted molar refractivity (Wildman–Crippen MR) is 79.9 cm³/mol. The van der Waals surface area contributed by atoms with E-state index in [0.717, 1.165) is 22.6 Å². The van der Waals surface area contributed by atoms with Crippen LogP contribution in [0.3, 0.4) is 0 Å². The van der Waals surface area contributed by atoms with E-state index >= 15 is 0 Å². The van der Waals surface area contributed by atoms with Crippen LogP contribution in [0.25, 0.3) is 0 Å². The summed E-state index contributed by atoms with van der Waals surface area (Å²) >= 11 is 0. The fourth-order valence-corrected chi connectivity index (χ4v) is 2.99. The van der Waals surface area contributed by atoms with E-state index in [0.29, 0.717) is 0 Å². The molecule has 0 saturated carbocycles. The third-order valence-corrected chi connectivity index (χ3v) is 4.80. The van der Waals surface area contributed by atoms with Gasteiger partial charge in [-0.2, -0.15) is 0 Å². The van der Waals surface area contributed by atoms with Crippen LogP contribution in [0.15, 0.2) is 47.6 Å². The van der Waals surface area contributed by atoms with Crippen molar-refractivity contribution >= 4 is 27.4 Å². The summed E-state index contributed by atoms with van der Waals surface area (Å²) < 4.78 is 25.8. The molecule has 0 unspecified atom stereocenters. The minimum Gasteiger partial charge on any atom is -0.478 e. The van der Waals surface area contributed by atoms with E-state index < -0.39 is 20.9 Å². The zero-order valence-corrected chi connectivity index (χ0v) is 12.6. The van der Waals surface area contributed by atoms with Crippen LogP contribution in [0, 0.1) is 10.1 Å². The lowest BCUT2D eigenvalue weighted by molar-refractivity contribution is -0.385. The Morgan fingerprint density at radius 1 is 1.30 bits per heavy atom. The van der Waals surface area contributed by atoms with Crippen molar-refractivity contribution in [2.75, 3.05) is 11.4 Å². The number of hydrogen-bond acceptors (Lipinski definition) is 6. The number of nitrogens with zero attached hydrogens (tertiary/aromatic N) is 3. The number of aromatic nitrogens is 1. The van der Waals surface area contributed by atoms with Gasteiger partial charge in [0.15, 0.2) is 0 Å². The molecule has 0 fully saturated rings. The van der Waals surface area contributed by atoms with E-state index in [1.54, 1.807) is 0 Å². The Morgan fingerprint density at radius 2 is 2.00 bits per heavy atom. The molecule has 0 aliphatic heterocycles. The number of sulfonamides is 1. The number of aromatic carboxylic acids is 1. The van der Waals surface area contributed by atoms with Crippen molar-refractivity contribution in [1.29, 1.82) is 0 Å². The van der Waals surface area contributed by atoms with Crippen LogP contribution in [0.4, 0.5) is 11.4 Å². The molecule has 10 heteroatoms. The van der Waals surface area contributed by atoms with E-state index in [2.05, 4.69) is 4.98 Å². The summed E-state index contributed by atoms with van der Waals surface area (Å²) in [6.07, 6.45) is 2.26. The minimum atomic E-state index is -4.09. The quantitative estimate of drug-likeness (QED) is 0.646. The molecule has 0 atom stereocenters. The molecule has 0 spiro atoms. The van der Waals surface area contributed by atoms with Crippen LogP contribution < -0.4 is 4.31 Å². The summed E-state index contributed by atoms with van der Waals surface area (Å²) in [4.78, 5) is 24.4. The first-order valence-corrected chi connectivity index (χ1v) is 7.59. The number of non-ortho nitro benzene ring substituents is 1. The van der Waals surface area contributed by atoms with Gasteiger partial charge in [0.2, 0.25) is 0 Å². The van der Waals surface area contributed by atoms with Gasteiger partial charge in [-0.1, -0.05) is 6.07 Å². The van der Waals surface area contributed by atoms with E-state index in [9.17, 15) is 23.3 Å². The monoisotopic (exact) mass is 337 g/mol. The third-order valence-electron chi connectivity index (χ3n) is 3.02. The lowest BCUT2D eigenvalue weighted by atomic mass is 10.3. The maximum Gasteiger partial charge on any atom is 0.337 e. The number of rotatable bonds is 5. The summed E-state index contributed by atoms with van der Waals surface area (Å²) in [5.41, 5.74) is -0.517. The Hall–Kier alpha value is -3.01. The summed E-state index contributed by atoms with van der Waals surface area (Å²) in [6, 6.07) is 5.72. The molecule has 1 heterocycles. The molecule has 0 aliphatic carbocycles. The van der Waals surface area contributed by atoms with Crippen LogP contribution in [0.5, 0.6) is 0 Å². The second kappa shape index (κ2) is 6.01. The topological polar surface area (TPSA) is 131 Å². The van der Waals surface area contributed by atoms with Crippen molar-refractivity contribution in [3.63, 3.8) is 0 Å². The molecule has 23 heavy (non-hydrogen) atoms. The molecule has 1 N–H and O–H groups in total. The molecule has 120 valence electrons. The molecule has 0 saturated heterocycles. The molecule has 9 nitrogen and oxygen atoms in total. The Morgan fingerprint density at radius 3 is 2.61 bits per heavy atom. The Bertz CT molecular complexity index is 881. The molecule has 0 aliphatic rings. The van der Waals surface area contributed by atoms with Crippen LogP contribution >= 0.6 is 0 Å². The van der Waals surface area contributed by atoms with E-state index in [-0.39, 0.29) is 21.8 Å². The molecule has 0 radical (unpaired) electrons. The lowest BCUT2D eigenvalue weighted by Crippen LogP contribution is -2.27. The number of carboxylic acid groups (broad SMARTS) is 1. The fourth-order valence-electron chi connectivity index (χ4n) is 1.77. The Balaban J connectivity index is 2.47. The number of benzene rings is 1. The van der Waals surface area contributed by atoms with Gasteiger partial charge in [-0.05, 0) is 12.1 Å². The predicted octanol–water partition coefficient (Wildman–Crippen LogP) is 1.51. The largest absolute Gasteiger partial charge is 0.478 e. The highest BCUT2D eigenvalue weighted by molar-refractivity contribution is 7.92. The summed E-state index contributed by atoms with van der Waals surface area (Å²) in [7, 11) is -2.89. The SMILES string of the molecule is CN(c1cncc(C(=O)O)c1)S(=O)(=O)c1cccc([N+](=O)[O-])c1. The molecule has 1 aromatic carbocycles. The van der Waals surface area contributed by atoms with Crippen molar-refractivity contribution in [3.8, 4) is 0 Å². The van der Waals surface area contributed by atoms with Crippen molar-refractivity contribution in [1.82, 2.24) is 4.98 Å². The van der Waals surface area contributed by atoms with Crippen LogP contribution in [-0.2, 0) is 10.0 Å². The minimum absolute atomic E-state index is 0.0245. The second-order valence-corrected chi connectivity index (χ2v) is 6.43. The van der Waals surface area contributed by atoms with Gasteiger partial charge in [0.1, 0.15) is 0 Å². The van der Waals surface area contributed by atoms with Gasteiger partial charge in [-0.3, -0.25) is 19.4 Å². The number of anilines is 1.